The summed E-state index contributed by atoms with van der Waals surface area (Å²) in [6, 6.07) is 16.7. The van der Waals surface area contributed by atoms with Gasteiger partial charge in [0, 0.05) is 58.6 Å². The minimum absolute atomic E-state index is 0. The summed E-state index contributed by atoms with van der Waals surface area (Å²) in [6.45, 7) is 10.1. The first kappa shape index (κ1) is 24.4. The van der Waals surface area contributed by atoms with E-state index in [0.29, 0.717) is 0 Å². The maximum absolute atomic E-state index is 4.86. The lowest BCUT2D eigenvalue weighted by molar-refractivity contribution is 0.172. The Morgan fingerprint density at radius 1 is 1.00 bits per heavy atom. The molecule has 1 aromatic carbocycles. The van der Waals surface area contributed by atoms with Crippen molar-refractivity contribution in [2.24, 2.45) is 4.99 Å². The molecule has 1 aliphatic rings. The number of halogens is 1. The predicted octanol–water partition coefficient (Wildman–Crippen LogP) is 3.68. The summed E-state index contributed by atoms with van der Waals surface area (Å²) in [5.74, 6) is 2.00. The summed E-state index contributed by atoms with van der Waals surface area (Å²) in [6.07, 6.45) is 3.97. The third kappa shape index (κ3) is 8.47. The predicted molar refractivity (Wildman–Crippen MR) is 137 cm³/mol. The standard InChI is InChI=1S/C23H34N6.HI/c1-2-24-23(27-15-9-8-14-26-22-12-6-7-13-25-22)29-18-16-28(17-19-29)20-21-10-4-3-5-11-21;/h3-7,10-13H,2,8-9,14-20H2,1H3,(H,24,27)(H,25,26);1H. The highest BCUT2D eigenvalue weighted by molar-refractivity contribution is 14.0. The van der Waals surface area contributed by atoms with E-state index in [1.165, 1.54) is 5.56 Å². The number of hydrogen-bond acceptors (Lipinski definition) is 4. The fourth-order valence-corrected chi connectivity index (χ4v) is 3.49. The fourth-order valence-electron chi connectivity index (χ4n) is 3.49. The average Bonchev–Trinajstić information content (AvgIpc) is 2.77. The van der Waals surface area contributed by atoms with Gasteiger partial charge in [-0.05, 0) is 37.5 Å². The van der Waals surface area contributed by atoms with E-state index in [9.17, 15) is 0 Å². The monoisotopic (exact) mass is 522 g/mol. The van der Waals surface area contributed by atoms with Crippen LogP contribution in [0.25, 0.3) is 0 Å². The van der Waals surface area contributed by atoms with Crippen molar-refractivity contribution < 1.29 is 0 Å². The zero-order valence-corrected chi connectivity index (χ0v) is 20.3. The van der Waals surface area contributed by atoms with Crippen LogP contribution >= 0.6 is 24.0 Å². The molecule has 2 aromatic rings. The van der Waals surface area contributed by atoms with Gasteiger partial charge < -0.3 is 15.5 Å². The second kappa shape index (κ2) is 14.2. The first-order valence-corrected chi connectivity index (χ1v) is 10.8. The van der Waals surface area contributed by atoms with Crippen molar-refractivity contribution in [1.82, 2.24) is 20.1 Å². The molecule has 0 saturated carbocycles. The summed E-state index contributed by atoms with van der Waals surface area (Å²) < 4.78 is 0. The average molecular weight is 522 g/mol. The van der Waals surface area contributed by atoms with Crippen LogP contribution in [0.1, 0.15) is 25.3 Å². The van der Waals surface area contributed by atoms with Crippen LogP contribution in [-0.4, -0.2) is 66.6 Å². The minimum atomic E-state index is 0. The van der Waals surface area contributed by atoms with Gasteiger partial charge in [0.2, 0.25) is 0 Å². The summed E-state index contributed by atoms with van der Waals surface area (Å²) >= 11 is 0. The molecule has 30 heavy (non-hydrogen) atoms. The highest BCUT2D eigenvalue weighted by Crippen LogP contribution is 2.09. The summed E-state index contributed by atoms with van der Waals surface area (Å²) in [5.41, 5.74) is 1.39. The molecule has 2 heterocycles. The number of aliphatic imine (C=N–C) groups is 1. The summed E-state index contributed by atoms with van der Waals surface area (Å²) in [5, 5.41) is 6.82. The first-order chi connectivity index (χ1) is 14.3. The van der Waals surface area contributed by atoms with Crippen LogP contribution in [0.15, 0.2) is 59.7 Å². The lowest BCUT2D eigenvalue weighted by atomic mass is 10.2. The molecule has 0 bridgehead atoms. The zero-order chi connectivity index (χ0) is 20.2. The van der Waals surface area contributed by atoms with Gasteiger partial charge in [-0.1, -0.05) is 36.4 Å². The molecule has 0 atom stereocenters. The SMILES string of the molecule is CCNC(=NCCCCNc1ccccn1)N1CCN(Cc2ccccc2)CC1.I. The number of benzene rings is 1. The molecule has 164 valence electrons. The largest absolute Gasteiger partial charge is 0.370 e. The molecular formula is C23H35IN6. The molecule has 2 N–H and O–H groups in total. The Hall–Kier alpha value is -1.87. The second-order valence-electron chi connectivity index (χ2n) is 7.33. The Labute approximate surface area is 198 Å². The number of anilines is 1. The number of nitrogens with zero attached hydrogens (tertiary/aromatic N) is 4. The Bertz CT molecular complexity index is 717. The number of aromatic nitrogens is 1. The van der Waals surface area contributed by atoms with Gasteiger partial charge in [0.25, 0.3) is 0 Å². The number of nitrogens with one attached hydrogen (secondary N) is 2. The van der Waals surface area contributed by atoms with Gasteiger partial charge in [0.15, 0.2) is 5.96 Å². The van der Waals surface area contributed by atoms with Gasteiger partial charge in [-0.25, -0.2) is 4.98 Å². The van der Waals surface area contributed by atoms with E-state index in [1.807, 2.05) is 24.4 Å². The Balaban J connectivity index is 0.00000320. The van der Waals surface area contributed by atoms with E-state index in [-0.39, 0.29) is 24.0 Å². The number of piperazine rings is 1. The second-order valence-corrected chi connectivity index (χ2v) is 7.33. The highest BCUT2D eigenvalue weighted by atomic mass is 127. The molecule has 1 fully saturated rings. The van der Waals surface area contributed by atoms with Crippen molar-refractivity contribution >= 4 is 35.8 Å². The smallest absolute Gasteiger partial charge is 0.194 e. The third-order valence-electron chi connectivity index (χ3n) is 5.07. The molecule has 0 radical (unpaired) electrons. The number of hydrogen-bond donors (Lipinski definition) is 2. The molecule has 1 saturated heterocycles. The first-order valence-electron chi connectivity index (χ1n) is 10.8. The molecule has 3 rings (SSSR count). The van der Waals surface area contributed by atoms with Crippen LogP contribution in [0.4, 0.5) is 5.82 Å². The van der Waals surface area contributed by atoms with Crippen LogP contribution in [0.3, 0.4) is 0 Å². The summed E-state index contributed by atoms with van der Waals surface area (Å²) in [7, 11) is 0. The Morgan fingerprint density at radius 2 is 1.77 bits per heavy atom. The Kier molecular flexibility index (Phi) is 11.5. The zero-order valence-electron chi connectivity index (χ0n) is 18.0. The molecular weight excluding hydrogens is 487 g/mol. The van der Waals surface area contributed by atoms with E-state index < -0.39 is 0 Å². The highest BCUT2D eigenvalue weighted by Gasteiger charge is 2.19. The third-order valence-corrected chi connectivity index (χ3v) is 5.07. The lowest BCUT2D eigenvalue weighted by Crippen LogP contribution is -2.52. The fraction of sp³-hybridized carbons (Fsp3) is 0.478. The topological polar surface area (TPSA) is 55.8 Å². The summed E-state index contributed by atoms with van der Waals surface area (Å²) in [4.78, 5) is 14.1. The van der Waals surface area contributed by atoms with Gasteiger partial charge in [-0.15, -0.1) is 24.0 Å². The molecule has 0 unspecified atom stereocenters. The minimum Gasteiger partial charge on any atom is -0.370 e. The Morgan fingerprint density at radius 3 is 2.47 bits per heavy atom. The van der Waals surface area contributed by atoms with Crippen molar-refractivity contribution in [3.05, 3.63) is 60.3 Å². The van der Waals surface area contributed by atoms with E-state index in [4.69, 9.17) is 4.99 Å². The number of pyridine rings is 1. The number of unbranched alkanes of at least 4 members (excludes halogenated alkanes) is 1. The van der Waals surface area contributed by atoms with Gasteiger partial charge in [0.05, 0.1) is 0 Å². The maximum atomic E-state index is 4.86. The molecule has 7 heteroatoms. The lowest BCUT2D eigenvalue weighted by Gasteiger charge is -2.36. The van der Waals surface area contributed by atoms with Crippen LogP contribution in [0.2, 0.25) is 0 Å². The van der Waals surface area contributed by atoms with Crippen molar-refractivity contribution in [3.63, 3.8) is 0 Å². The van der Waals surface area contributed by atoms with Crippen LogP contribution in [0, 0.1) is 0 Å². The molecule has 1 aromatic heterocycles. The quantitative estimate of drug-likeness (QED) is 0.228. The number of rotatable bonds is 9. The van der Waals surface area contributed by atoms with Gasteiger partial charge >= 0.3 is 0 Å². The van der Waals surface area contributed by atoms with Crippen molar-refractivity contribution in [1.29, 1.82) is 0 Å². The van der Waals surface area contributed by atoms with Crippen molar-refractivity contribution in [2.75, 3.05) is 51.1 Å². The van der Waals surface area contributed by atoms with Gasteiger partial charge in [-0.2, -0.15) is 0 Å². The van der Waals surface area contributed by atoms with Gasteiger partial charge in [-0.3, -0.25) is 9.89 Å². The van der Waals surface area contributed by atoms with Crippen LogP contribution < -0.4 is 10.6 Å². The van der Waals surface area contributed by atoms with E-state index >= 15 is 0 Å². The van der Waals surface area contributed by atoms with E-state index in [1.54, 1.807) is 0 Å². The normalized spacial score (nSPS) is 14.8. The van der Waals surface area contributed by atoms with Crippen LogP contribution in [-0.2, 0) is 6.54 Å². The molecule has 0 aliphatic carbocycles. The maximum Gasteiger partial charge on any atom is 0.194 e. The number of guanidine groups is 1. The van der Waals surface area contributed by atoms with E-state index in [2.05, 4.69) is 62.7 Å². The van der Waals surface area contributed by atoms with Crippen LogP contribution in [0.5, 0.6) is 0 Å². The molecule has 6 nitrogen and oxygen atoms in total. The van der Waals surface area contributed by atoms with Gasteiger partial charge in [0.1, 0.15) is 5.82 Å². The van der Waals surface area contributed by atoms with Crippen molar-refractivity contribution in [3.8, 4) is 0 Å². The molecule has 0 spiro atoms. The van der Waals surface area contributed by atoms with Crippen molar-refractivity contribution in [2.45, 2.75) is 26.3 Å². The molecule has 0 amide bonds. The van der Waals surface area contributed by atoms with E-state index in [0.717, 1.165) is 77.0 Å². The molecule has 1 aliphatic heterocycles.